The molecule has 1 aliphatic carbocycles. The number of fused-ring (bicyclic) bond motifs is 3. The van der Waals surface area contributed by atoms with Gasteiger partial charge in [0.2, 0.25) is 0 Å². The Balaban J connectivity index is 1.58. The Labute approximate surface area is 177 Å². The van der Waals surface area contributed by atoms with Gasteiger partial charge in [-0.05, 0) is 35.1 Å². The second-order valence-electron chi connectivity index (χ2n) is 8.46. The summed E-state index contributed by atoms with van der Waals surface area (Å²) in [6, 6.07) is 30.1. The average molecular weight is 389 g/mol. The van der Waals surface area contributed by atoms with Crippen LogP contribution in [0.1, 0.15) is 35.1 Å². The van der Waals surface area contributed by atoms with Crippen LogP contribution in [0.4, 0.5) is 5.69 Å². The first-order valence-corrected chi connectivity index (χ1v) is 10.7. The van der Waals surface area contributed by atoms with Crippen molar-refractivity contribution in [2.45, 2.75) is 24.4 Å². The third-order valence-electron chi connectivity index (χ3n) is 6.99. The summed E-state index contributed by atoms with van der Waals surface area (Å²) in [6.45, 7) is 0. The van der Waals surface area contributed by atoms with Crippen molar-refractivity contribution in [1.29, 1.82) is 0 Å². The van der Waals surface area contributed by atoms with Crippen molar-refractivity contribution in [2.75, 3.05) is 4.90 Å². The number of nitrogens with zero attached hydrogens (tertiary/aromatic N) is 1. The molecule has 0 amide bonds. The van der Waals surface area contributed by atoms with E-state index in [1.807, 2.05) is 6.07 Å². The molecule has 2 heteroatoms. The number of hydrogen-bond acceptors (Lipinski definition) is 2. The second-order valence-corrected chi connectivity index (χ2v) is 8.46. The summed E-state index contributed by atoms with van der Waals surface area (Å²) in [7, 11) is 0. The summed E-state index contributed by atoms with van der Waals surface area (Å²) in [5.74, 6) is 0.656. The van der Waals surface area contributed by atoms with Gasteiger partial charge in [0.1, 0.15) is 6.29 Å². The minimum absolute atomic E-state index is 0.0495. The predicted octanol–water partition coefficient (Wildman–Crippen LogP) is 5.94. The number of allylic oxidation sites excluding steroid dienone is 1. The van der Waals surface area contributed by atoms with E-state index in [0.29, 0.717) is 5.92 Å². The van der Waals surface area contributed by atoms with Crippen LogP contribution in [0.5, 0.6) is 0 Å². The van der Waals surface area contributed by atoms with Crippen molar-refractivity contribution in [3.05, 3.63) is 119 Å². The van der Waals surface area contributed by atoms with Crippen LogP contribution in [0, 0.1) is 5.92 Å². The van der Waals surface area contributed by atoms with Crippen LogP contribution in [-0.2, 0) is 4.79 Å². The second kappa shape index (κ2) is 6.84. The number of anilines is 1. The zero-order valence-electron chi connectivity index (χ0n) is 16.7. The molecular weight excluding hydrogens is 366 g/mol. The first-order valence-electron chi connectivity index (χ1n) is 10.7. The molecule has 0 aromatic heterocycles. The molecular formula is C28H23NO. The molecule has 30 heavy (non-hydrogen) atoms. The third-order valence-corrected chi connectivity index (χ3v) is 6.99. The molecule has 0 radical (unpaired) electrons. The van der Waals surface area contributed by atoms with Gasteiger partial charge in [-0.1, -0.05) is 91.0 Å². The van der Waals surface area contributed by atoms with Gasteiger partial charge in [-0.2, -0.15) is 0 Å². The molecule has 0 spiro atoms. The van der Waals surface area contributed by atoms with Crippen LogP contribution in [0.15, 0.2) is 103 Å². The van der Waals surface area contributed by atoms with Gasteiger partial charge < -0.3 is 4.90 Å². The van der Waals surface area contributed by atoms with Gasteiger partial charge in [0.25, 0.3) is 0 Å². The van der Waals surface area contributed by atoms with Gasteiger partial charge in [-0.3, -0.25) is 4.79 Å². The Hall–Kier alpha value is -3.39. The molecule has 0 saturated carbocycles. The molecule has 0 N–H and O–H groups in total. The first kappa shape index (κ1) is 17.5. The van der Waals surface area contributed by atoms with E-state index in [1.165, 1.54) is 28.0 Å². The van der Waals surface area contributed by atoms with Crippen molar-refractivity contribution >= 4 is 17.5 Å². The lowest BCUT2D eigenvalue weighted by Crippen LogP contribution is -2.47. The Morgan fingerprint density at radius 1 is 0.800 bits per heavy atom. The fourth-order valence-corrected chi connectivity index (χ4v) is 5.79. The van der Waals surface area contributed by atoms with E-state index in [2.05, 4.69) is 95.9 Å². The lowest BCUT2D eigenvalue weighted by molar-refractivity contribution is -0.105. The summed E-state index contributed by atoms with van der Waals surface area (Å²) < 4.78 is 0. The number of benzene rings is 3. The number of hydrogen-bond donors (Lipinski definition) is 0. The quantitative estimate of drug-likeness (QED) is 0.517. The zero-order chi connectivity index (χ0) is 20.1. The van der Waals surface area contributed by atoms with Gasteiger partial charge >= 0.3 is 0 Å². The van der Waals surface area contributed by atoms with E-state index in [4.69, 9.17) is 0 Å². The van der Waals surface area contributed by atoms with Gasteiger partial charge in [-0.25, -0.2) is 0 Å². The van der Waals surface area contributed by atoms with E-state index in [-0.39, 0.29) is 18.0 Å². The number of carbonyl (C=O) groups is 1. The molecule has 2 nitrogen and oxygen atoms in total. The first-order chi connectivity index (χ1) is 14.9. The number of para-hydroxylation sites is 1. The van der Waals surface area contributed by atoms with Gasteiger partial charge in [0.15, 0.2) is 0 Å². The summed E-state index contributed by atoms with van der Waals surface area (Å²) in [5, 5.41) is 0. The van der Waals surface area contributed by atoms with Crippen molar-refractivity contribution in [1.82, 2.24) is 0 Å². The predicted molar refractivity (Wildman–Crippen MR) is 121 cm³/mol. The van der Waals surface area contributed by atoms with Gasteiger partial charge in [-0.15, -0.1) is 0 Å². The monoisotopic (exact) mass is 389 g/mol. The normalized spacial score (nSPS) is 26.3. The Morgan fingerprint density at radius 2 is 1.47 bits per heavy atom. The molecule has 0 fully saturated rings. The molecule has 3 aromatic carbocycles. The van der Waals surface area contributed by atoms with E-state index in [1.54, 1.807) is 0 Å². The highest BCUT2D eigenvalue weighted by Crippen LogP contribution is 2.57. The molecule has 146 valence electrons. The summed E-state index contributed by atoms with van der Waals surface area (Å²) in [6.07, 6.45) is 6.80. The zero-order valence-corrected chi connectivity index (χ0v) is 16.7. The molecule has 0 unspecified atom stereocenters. The molecule has 6 rings (SSSR count). The fraction of sp³-hybridized carbons (Fsp3) is 0.179. The van der Waals surface area contributed by atoms with Crippen molar-refractivity contribution in [3.8, 4) is 0 Å². The van der Waals surface area contributed by atoms with Gasteiger partial charge in [0, 0.05) is 22.7 Å². The topological polar surface area (TPSA) is 20.3 Å². The third kappa shape index (κ3) is 2.46. The van der Waals surface area contributed by atoms with Crippen LogP contribution >= 0.6 is 0 Å². The number of carbonyl (C=O) groups excluding carboxylic acids is 1. The highest BCUT2D eigenvalue weighted by atomic mass is 16.1. The Kier molecular flexibility index (Phi) is 3.98. The van der Waals surface area contributed by atoms with E-state index in [9.17, 15) is 4.79 Å². The van der Waals surface area contributed by atoms with Crippen molar-refractivity contribution in [2.24, 2.45) is 5.92 Å². The van der Waals surface area contributed by atoms with E-state index in [0.717, 1.165) is 18.3 Å². The maximum atomic E-state index is 12.3. The van der Waals surface area contributed by atoms with Gasteiger partial charge in [0.05, 0.1) is 12.1 Å². The van der Waals surface area contributed by atoms with E-state index >= 15 is 0 Å². The lowest BCUT2D eigenvalue weighted by atomic mass is 9.69. The van der Waals surface area contributed by atoms with Crippen LogP contribution < -0.4 is 4.90 Å². The Bertz CT molecular complexity index is 1160. The summed E-state index contributed by atoms with van der Waals surface area (Å²) in [4.78, 5) is 14.9. The Morgan fingerprint density at radius 3 is 2.20 bits per heavy atom. The van der Waals surface area contributed by atoms with Crippen molar-refractivity contribution in [3.63, 3.8) is 0 Å². The SMILES string of the molecule is O=CC1=C[C@@H]2[C@@H](c3ccccc3)CC=C3c4ccccc4N([C@H]32)[C@@H]1c1ccccc1. The minimum atomic E-state index is -0.0495. The smallest absolute Gasteiger partial charge is 0.148 e. The lowest BCUT2D eigenvalue weighted by Gasteiger charge is -2.47. The van der Waals surface area contributed by atoms with Crippen molar-refractivity contribution < 1.29 is 4.79 Å². The summed E-state index contributed by atoms with van der Waals surface area (Å²) in [5.41, 5.74) is 7.39. The fourth-order valence-electron chi connectivity index (χ4n) is 5.79. The molecule has 2 heterocycles. The standard InChI is InChI=1S/C28H23NO/c30-18-21-17-25-22(19-9-3-1-4-10-19)15-16-24-23-13-7-8-14-26(23)29(28(24)25)27(21)20-11-5-2-6-12-20/h1-14,16-18,22,25,27-28H,15H2/t22-,25-,27-,28-/m1/s1. The largest absolute Gasteiger partial charge is 0.352 e. The molecule has 3 aliphatic rings. The number of rotatable bonds is 3. The molecule has 4 atom stereocenters. The maximum absolute atomic E-state index is 12.3. The highest BCUT2D eigenvalue weighted by molar-refractivity contribution is 5.92. The average Bonchev–Trinajstić information content (AvgIpc) is 3.16. The van der Waals surface area contributed by atoms with Crippen LogP contribution in [0.2, 0.25) is 0 Å². The highest BCUT2D eigenvalue weighted by Gasteiger charge is 2.49. The molecule has 0 bridgehead atoms. The van der Waals surface area contributed by atoms with Crippen LogP contribution in [-0.4, -0.2) is 12.3 Å². The van der Waals surface area contributed by atoms with Crippen LogP contribution in [0.3, 0.4) is 0 Å². The van der Waals surface area contributed by atoms with E-state index < -0.39 is 0 Å². The molecule has 3 aromatic rings. The number of aldehydes is 1. The molecule has 0 saturated heterocycles. The molecule has 2 aliphatic heterocycles. The van der Waals surface area contributed by atoms with Crippen LogP contribution in [0.25, 0.3) is 5.57 Å². The maximum Gasteiger partial charge on any atom is 0.148 e. The minimum Gasteiger partial charge on any atom is -0.352 e. The summed E-state index contributed by atoms with van der Waals surface area (Å²) >= 11 is 0.